The smallest absolute Gasteiger partial charge is 0.225 e. The first-order chi connectivity index (χ1) is 13.1. The summed E-state index contributed by atoms with van der Waals surface area (Å²) in [4.78, 5) is 14.5. The van der Waals surface area contributed by atoms with Crippen LogP contribution in [-0.2, 0) is 22.6 Å². The highest BCUT2D eigenvalue weighted by Crippen LogP contribution is 2.14. The topological polar surface area (TPSA) is 79.6 Å². The van der Waals surface area contributed by atoms with E-state index in [0.29, 0.717) is 19.5 Å². The molecule has 7 heteroatoms. The number of aromatic nitrogens is 1. The van der Waals surface area contributed by atoms with Crippen molar-refractivity contribution in [2.75, 3.05) is 38.2 Å². The van der Waals surface area contributed by atoms with Crippen molar-refractivity contribution in [3.8, 4) is 0 Å². The normalized spacial score (nSPS) is 15.0. The number of hydrogen-bond donors (Lipinski definition) is 2. The van der Waals surface area contributed by atoms with E-state index in [1.165, 1.54) is 0 Å². The van der Waals surface area contributed by atoms with Crippen molar-refractivity contribution in [2.45, 2.75) is 33.4 Å². The SMILES string of the molecule is Cc1noc(C)c1CNCc1cccc(NC(=O)CCN2CCOCC2)c1. The van der Waals surface area contributed by atoms with Crippen molar-refractivity contribution in [1.29, 1.82) is 0 Å². The lowest BCUT2D eigenvalue weighted by Crippen LogP contribution is -2.38. The number of hydrogen-bond acceptors (Lipinski definition) is 6. The fourth-order valence-corrected chi connectivity index (χ4v) is 3.15. The van der Waals surface area contributed by atoms with Crippen LogP contribution in [0, 0.1) is 13.8 Å². The first kappa shape index (κ1) is 19.5. The standard InChI is InChI=1S/C20H28N4O3/c1-15-19(16(2)27-23-15)14-21-13-17-4-3-5-18(12-17)22-20(25)6-7-24-8-10-26-11-9-24/h3-5,12,21H,6-11,13-14H2,1-2H3,(H,22,25). The van der Waals surface area contributed by atoms with Crippen LogP contribution in [0.5, 0.6) is 0 Å². The number of nitrogens with one attached hydrogen (secondary N) is 2. The van der Waals surface area contributed by atoms with Crippen LogP contribution in [-0.4, -0.2) is 48.8 Å². The zero-order valence-electron chi connectivity index (χ0n) is 16.1. The molecule has 0 saturated carbocycles. The van der Waals surface area contributed by atoms with E-state index < -0.39 is 0 Å². The van der Waals surface area contributed by atoms with Gasteiger partial charge in [0.05, 0.1) is 18.9 Å². The van der Waals surface area contributed by atoms with E-state index in [9.17, 15) is 4.79 Å². The lowest BCUT2D eigenvalue weighted by Gasteiger charge is -2.26. The minimum absolute atomic E-state index is 0.0438. The van der Waals surface area contributed by atoms with Gasteiger partial charge in [-0.25, -0.2) is 0 Å². The number of morpholine rings is 1. The van der Waals surface area contributed by atoms with Crippen molar-refractivity contribution in [1.82, 2.24) is 15.4 Å². The van der Waals surface area contributed by atoms with E-state index in [-0.39, 0.29) is 5.91 Å². The van der Waals surface area contributed by atoms with Gasteiger partial charge in [0, 0.05) is 50.4 Å². The maximum absolute atomic E-state index is 12.2. The summed E-state index contributed by atoms with van der Waals surface area (Å²) in [6, 6.07) is 7.94. The van der Waals surface area contributed by atoms with Crippen LogP contribution in [0.3, 0.4) is 0 Å². The fraction of sp³-hybridized carbons (Fsp3) is 0.500. The van der Waals surface area contributed by atoms with Gasteiger partial charge in [-0.15, -0.1) is 0 Å². The first-order valence-corrected chi connectivity index (χ1v) is 9.43. The predicted molar refractivity (Wildman–Crippen MR) is 103 cm³/mol. The molecule has 146 valence electrons. The molecule has 0 radical (unpaired) electrons. The molecule has 0 unspecified atom stereocenters. The zero-order chi connectivity index (χ0) is 19.1. The second kappa shape index (κ2) is 9.64. The molecule has 2 heterocycles. The Labute approximate surface area is 160 Å². The lowest BCUT2D eigenvalue weighted by molar-refractivity contribution is -0.116. The Kier molecular flexibility index (Phi) is 6.98. The summed E-state index contributed by atoms with van der Waals surface area (Å²) >= 11 is 0. The van der Waals surface area contributed by atoms with Crippen LogP contribution in [0.25, 0.3) is 0 Å². The van der Waals surface area contributed by atoms with Gasteiger partial charge in [0.15, 0.2) is 0 Å². The summed E-state index contributed by atoms with van der Waals surface area (Å²) in [5, 5.41) is 10.4. The number of benzene rings is 1. The van der Waals surface area contributed by atoms with E-state index in [4.69, 9.17) is 9.26 Å². The van der Waals surface area contributed by atoms with E-state index in [1.54, 1.807) is 0 Å². The van der Waals surface area contributed by atoms with Gasteiger partial charge in [-0.2, -0.15) is 0 Å². The highest BCUT2D eigenvalue weighted by atomic mass is 16.5. The largest absolute Gasteiger partial charge is 0.379 e. The Bertz CT molecular complexity index is 734. The zero-order valence-corrected chi connectivity index (χ0v) is 16.1. The average molecular weight is 372 g/mol. The van der Waals surface area contributed by atoms with Gasteiger partial charge < -0.3 is 19.9 Å². The highest BCUT2D eigenvalue weighted by Gasteiger charge is 2.12. The Balaban J connectivity index is 1.44. The Hall–Kier alpha value is -2.22. The molecule has 3 rings (SSSR count). The minimum Gasteiger partial charge on any atom is -0.379 e. The van der Waals surface area contributed by atoms with Gasteiger partial charge in [0.2, 0.25) is 5.91 Å². The quantitative estimate of drug-likeness (QED) is 0.740. The summed E-state index contributed by atoms with van der Waals surface area (Å²) in [7, 11) is 0. The van der Waals surface area contributed by atoms with Gasteiger partial charge in [0.25, 0.3) is 0 Å². The number of carbonyl (C=O) groups is 1. The van der Waals surface area contributed by atoms with Gasteiger partial charge >= 0.3 is 0 Å². The van der Waals surface area contributed by atoms with Crippen LogP contribution in [0.2, 0.25) is 0 Å². The average Bonchev–Trinajstić information content (AvgIpc) is 3.00. The van der Waals surface area contributed by atoms with Gasteiger partial charge in [-0.3, -0.25) is 9.69 Å². The molecule has 1 aromatic carbocycles. The number of rotatable bonds is 8. The molecular formula is C20H28N4O3. The monoisotopic (exact) mass is 372 g/mol. The summed E-state index contributed by atoms with van der Waals surface area (Å²) in [5.74, 6) is 0.892. The van der Waals surface area contributed by atoms with Crippen molar-refractivity contribution < 1.29 is 14.1 Å². The molecule has 2 N–H and O–H groups in total. The Morgan fingerprint density at radius 1 is 1.22 bits per heavy atom. The van der Waals surface area contributed by atoms with Gasteiger partial charge in [-0.1, -0.05) is 17.3 Å². The summed E-state index contributed by atoms with van der Waals surface area (Å²) in [6.45, 7) is 9.37. The number of carbonyl (C=O) groups excluding carboxylic acids is 1. The molecule has 1 fully saturated rings. The summed E-state index contributed by atoms with van der Waals surface area (Å²) in [5.41, 5.74) is 3.97. The van der Waals surface area contributed by atoms with Crippen molar-refractivity contribution in [3.63, 3.8) is 0 Å². The molecule has 1 aromatic heterocycles. The van der Waals surface area contributed by atoms with E-state index in [0.717, 1.165) is 61.1 Å². The number of nitrogens with zero attached hydrogens (tertiary/aromatic N) is 2. The number of ether oxygens (including phenoxy) is 1. The van der Waals surface area contributed by atoms with E-state index >= 15 is 0 Å². The molecular weight excluding hydrogens is 344 g/mol. The van der Waals surface area contributed by atoms with Gasteiger partial charge in [-0.05, 0) is 31.5 Å². The molecule has 1 amide bonds. The highest BCUT2D eigenvalue weighted by molar-refractivity contribution is 5.90. The summed E-state index contributed by atoms with van der Waals surface area (Å²) in [6.07, 6.45) is 0.495. The molecule has 0 spiro atoms. The molecule has 0 aliphatic carbocycles. The molecule has 27 heavy (non-hydrogen) atoms. The van der Waals surface area contributed by atoms with Crippen LogP contribution < -0.4 is 10.6 Å². The minimum atomic E-state index is 0.0438. The number of amides is 1. The lowest BCUT2D eigenvalue weighted by atomic mass is 10.1. The number of aryl methyl sites for hydroxylation is 2. The van der Waals surface area contributed by atoms with Crippen molar-refractivity contribution >= 4 is 11.6 Å². The molecule has 1 saturated heterocycles. The predicted octanol–water partition coefficient (Wildman–Crippen LogP) is 2.24. The van der Waals surface area contributed by atoms with Crippen molar-refractivity contribution in [3.05, 3.63) is 46.8 Å². The summed E-state index contributed by atoms with van der Waals surface area (Å²) < 4.78 is 10.5. The van der Waals surface area contributed by atoms with Crippen LogP contribution >= 0.6 is 0 Å². The van der Waals surface area contributed by atoms with E-state index in [1.807, 2.05) is 38.1 Å². The third kappa shape index (κ3) is 5.89. The van der Waals surface area contributed by atoms with Gasteiger partial charge in [0.1, 0.15) is 5.76 Å². The molecule has 2 aromatic rings. The Morgan fingerprint density at radius 3 is 2.78 bits per heavy atom. The third-order valence-corrected chi connectivity index (χ3v) is 4.78. The molecule has 0 atom stereocenters. The number of anilines is 1. The third-order valence-electron chi connectivity index (χ3n) is 4.78. The molecule has 1 aliphatic rings. The van der Waals surface area contributed by atoms with Crippen LogP contribution in [0.4, 0.5) is 5.69 Å². The molecule has 0 bridgehead atoms. The van der Waals surface area contributed by atoms with Crippen molar-refractivity contribution in [2.24, 2.45) is 0 Å². The molecule has 7 nitrogen and oxygen atoms in total. The maximum atomic E-state index is 12.2. The van der Waals surface area contributed by atoms with E-state index in [2.05, 4.69) is 20.7 Å². The Morgan fingerprint density at radius 2 is 2.04 bits per heavy atom. The second-order valence-electron chi connectivity index (χ2n) is 6.86. The molecule has 1 aliphatic heterocycles. The fourth-order valence-electron chi connectivity index (χ4n) is 3.15. The van der Waals surface area contributed by atoms with Crippen LogP contribution in [0.15, 0.2) is 28.8 Å². The maximum Gasteiger partial charge on any atom is 0.225 e. The first-order valence-electron chi connectivity index (χ1n) is 9.43. The second-order valence-corrected chi connectivity index (χ2v) is 6.86. The van der Waals surface area contributed by atoms with Crippen LogP contribution in [0.1, 0.15) is 29.0 Å².